The Morgan fingerprint density at radius 3 is 2.33 bits per heavy atom. The van der Waals surface area contributed by atoms with Crippen LogP contribution in [0.3, 0.4) is 0 Å². The second kappa shape index (κ2) is 5.38. The molecule has 0 unspecified atom stereocenters. The Morgan fingerprint density at radius 1 is 1.40 bits per heavy atom. The van der Waals surface area contributed by atoms with E-state index in [-0.39, 0.29) is 12.3 Å². The number of rotatable bonds is 3. The Bertz CT molecular complexity index is 283. The number of amides is 1. The van der Waals surface area contributed by atoms with Gasteiger partial charge in [0.15, 0.2) is 0 Å². The van der Waals surface area contributed by atoms with Crippen molar-refractivity contribution in [3.63, 3.8) is 0 Å². The number of carbonyl (C=O) groups is 2. The number of esters is 1. The fourth-order valence-electron chi connectivity index (χ4n) is 0.647. The monoisotopic (exact) mass is 225 g/mol. The van der Waals surface area contributed by atoms with Gasteiger partial charge in [-0.05, 0) is 13.8 Å². The molecule has 1 amide bonds. The Labute approximate surface area is 84.1 Å². The van der Waals surface area contributed by atoms with E-state index in [4.69, 9.17) is 0 Å². The van der Waals surface area contributed by atoms with Gasteiger partial charge in [0.1, 0.15) is 0 Å². The molecule has 0 atom stereocenters. The summed E-state index contributed by atoms with van der Waals surface area (Å²) < 4.78 is 39.7. The van der Waals surface area contributed by atoms with Crippen LogP contribution < -0.4 is 5.32 Å². The number of allylic oxidation sites excluding steroid dienone is 1. The zero-order valence-electron chi connectivity index (χ0n) is 8.14. The number of nitrogens with one attached hydrogen (secondary N) is 1. The molecule has 0 saturated carbocycles. The van der Waals surface area contributed by atoms with E-state index in [0.717, 1.165) is 13.0 Å². The molecule has 0 saturated heterocycles. The summed E-state index contributed by atoms with van der Waals surface area (Å²) >= 11 is 0. The summed E-state index contributed by atoms with van der Waals surface area (Å²) in [4.78, 5) is 21.1. The van der Waals surface area contributed by atoms with Gasteiger partial charge in [-0.25, -0.2) is 4.79 Å². The zero-order valence-corrected chi connectivity index (χ0v) is 8.14. The summed E-state index contributed by atoms with van der Waals surface area (Å²) in [6.45, 7) is 2.81. The average Bonchev–Trinajstić information content (AvgIpc) is 2.01. The highest BCUT2D eigenvalue weighted by Crippen LogP contribution is 2.14. The van der Waals surface area contributed by atoms with Crippen LogP contribution in [0, 0.1) is 0 Å². The average molecular weight is 225 g/mol. The minimum Gasteiger partial charge on any atom is -0.463 e. The molecular weight excluding hydrogens is 215 g/mol. The van der Waals surface area contributed by atoms with E-state index in [2.05, 4.69) is 4.74 Å². The first-order chi connectivity index (χ1) is 6.77. The number of hydrogen-bond donors (Lipinski definition) is 1. The maximum Gasteiger partial charge on any atom is 0.471 e. The molecule has 0 aliphatic carbocycles. The lowest BCUT2D eigenvalue weighted by molar-refractivity contribution is -0.172. The maximum absolute atomic E-state index is 11.7. The molecule has 7 heteroatoms. The van der Waals surface area contributed by atoms with Crippen molar-refractivity contribution in [1.29, 1.82) is 0 Å². The molecule has 0 aliphatic heterocycles. The molecule has 0 heterocycles. The van der Waals surface area contributed by atoms with E-state index in [1.165, 1.54) is 5.32 Å². The summed E-state index contributed by atoms with van der Waals surface area (Å²) in [5, 5.41) is 1.51. The molecule has 0 radical (unpaired) electrons. The van der Waals surface area contributed by atoms with Crippen LogP contribution in [0.25, 0.3) is 0 Å². The second-order valence-corrected chi connectivity index (χ2v) is 2.53. The van der Waals surface area contributed by atoms with Gasteiger partial charge in [-0.3, -0.25) is 4.79 Å². The van der Waals surface area contributed by atoms with E-state index < -0.39 is 18.1 Å². The van der Waals surface area contributed by atoms with Crippen molar-refractivity contribution in [2.24, 2.45) is 0 Å². The highest BCUT2D eigenvalue weighted by Gasteiger charge is 2.38. The summed E-state index contributed by atoms with van der Waals surface area (Å²) in [6.07, 6.45) is -4.20. The molecule has 15 heavy (non-hydrogen) atoms. The van der Waals surface area contributed by atoms with E-state index >= 15 is 0 Å². The van der Waals surface area contributed by atoms with E-state index in [0.29, 0.717) is 0 Å². The van der Waals surface area contributed by atoms with Crippen molar-refractivity contribution in [3.8, 4) is 0 Å². The van der Waals surface area contributed by atoms with Crippen LogP contribution in [0.5, 0.6) is 0 Å². The number of carbonyl (C=O) groups excluding carboxylic acids is 2. The number of hydrogen-bond acceptors (Lipinski definition) is 3. The predicted molar refractivity (Wildman–Crippen MR) is 44.6 cm³/mol. The molecule has 4 nitrogen and oxygen atoms in total. The van der Waals surface area contributed by atoms with Gasteiger partial charge in [-0.15, -0.1) is 0 Å². The summed E-state index contributed by atoms with van der Waals surface area (Å²) in [6, 6.07) is 0. The van der Waals surface area contributed by atoms with Gasteiger partial charge in [-0.1, -0.05) is 0 Å². The third-order valence-electron chi connectivity index (χ3n) is 1.19. The van der Waals surface area contributed by atoms with Crippen LogP contribution in [0.15, 0.2) is 11.8 Å². The third kappa shape index (κ3) is 5.71. The Balaban J connectivity index is 4.31. The van der Waals surface area contributed by atoms with Crippen LogP contribution in [0.1, 0.15) is 13.8 Å². The Kier molecular flexibility index (Phi) is 4.83. The quantitative estimate of drug-likeness (QED) is 0.578. The van der Waals surface area contributed by atoms with Crippen molar-refractivity contribution in [2.45, 2.75) is 20.0 Å². The standard InChI is InChI=1S/C8H10F3NO3/c1-3-15-6(13)4-5(2)12-7(14)8(9,10)11/h4H,3H2,1-2H3,(H,12,14)/b5-4-. The minimum atomic E-state index is -4.97. The largest absolute Gasteiger partial charge is 0.471 e. The zero-order chi connectivity index (χ0) is 12.1. The lowest BCUT2D eigenvalue weighted by Crippen LogP contribution is -2.35. The lowest BCUT2D eigenvalue weighted by Gasteiger charge is -2.07. The predicted octanol–water partition coefficient (Wildman–Crippen LogP) is 1.13. The van der Waals surface area contributed by atoms with E-state index in [9.17, 15) is 22.8 Å². The number of ether oxygens (including phenoxy) is 1. The molecule has 0 bridgehead atoms. The van der Waals surface area contributed by atoms with Crippen LogP contribution in [0.2, 0.25) is 0 Å². The molecule has 0 aromatic heterocycles. The van der Waals surface area contributed by atoms with Crippen molar-refractivity contribution < 1.29 is 27.5 Å². The van der Waals surface area contributed by atoms with Crippen molar-refractivity contribution >= 4 is 11.9 Å². The third-order valence-corrected chi connectivity index (χ3v) is 1.19. The van der Waals surface area contributed by atoms with Gasteiger partial charge in [-0.2, -0.15) is 13.2 Å². The van der Waals surface area contributed by atoms with Gasteiger partial charge >= 0.3 is 18.1 Å². The highest BCUT2D eigenvalue weighted by atomic mass is 19.4. The smallest absolute Gasteiger partial charge is 0.463 e. The molecule has 0 fully saturated rings. The molecule has 0 spiro atoms. The van der Waals surface area contributed by atoms with Gasteiger partial charge in [0.25, 0.3) is 0 Å². The van der Waals surface area contributed by atoms with Crippen molar-refractivity contribution in [3.05, 3.63) is 11.8 Å². The van der Waals surface area contributed by atoms with Crippen LogP contribution in [-0.4, -0.2) is 24.7 Å². The van der Waals surface area contributed by atoms with Crippen molar-refractivity contribution in [2.75, 3.05) is 6.61 Å². The van der Waals surface area contributed by atoms with Gasteiger partial charge in [0.05, 0.1) is 6.61 Å². The first-order valence-corrected chi connectivity index (χ1v) is 4.00. The molecule has 0 rings (SSSR count). The normalized spacial score (nSPS) is 12.2. The van der Waals surface area contributed by atoms with Crippen molar-refractivity contribution in [1.82, 2.24) is 5.32 Å². The van der Waals surface area contributed by atoms with Crippen LogP contribution in [-0.2, 0) is 14.3 Å². The van der Waals surface area contributed by atoms with E-state index in [1.807, 2.05) is 0 Å². The maximum atomic E-state index is 11.7. The Morgan fingerprint density at radius 2 is 1.93 bits per heavy atom. The molecule has 0 aliphatic rings. The molecular formula is C8H10F3NO3. The fraction of sp³-hybridized carbons (Fsp3) is 0.500. The summed E-state index contributed by atoms with van der Waals surface area (Å²) in [7, 11) is 0. The Hall–Kier alpha value is -1.53. The highest BCUT2D eigenvalue weighted by molar-refractivity contribution is 5.86. The molecule has 0 aromatic carbocycles. The topological polar surface area (TPSA) is 55.4 Å². The lowest BCUT2D eigenvalue weighted by atomic mass is 10.4. The second-order valence-electron chi connectivity index (χ2n) is 2.53. The molecule has 1 N–H and O–H groups in total. The first-order valence-electron chi connectivity index (χ1n) is 4.00. The molecule has 86 valence electrons. The summed E-state index contributed by atoms with van der Waals surface area (Å²) in [5.41, 5.74) is -0.226. The fourth-order valence-corrected chi connectivity index (χ4v) is 0.647. The van der Waals surface area contributed by atoms with Crippen LogP contribution in [0.4, 0.5) is 13.2 Å². The summed E-state index contributed by atoms with van der Waals surface area (Å²) in [5.74, 6) is -2.93. The minimum absolute atomic E-state index is 0.107. The van der Waals surface area contributed by atoms with Gasteiger partial charge in [0.2, 0.25) is 0 Å². The number of halogens is 3. The number of alkyl halides is 3. The first kappa shape index (κ1) is 13.5. The molecule has 0 aromatic rings. The van der Waals surface area contributed by atoms with Gasteiger partial charge < -0.3 is 10.1 Å². The van der Waals surface area contributed by atoms with E-state index in [1.54, 1.807) is 6.92 Å². The van der Waals surface area contributed by atoms with Crippen LogP contribution >= 0.6 is 0 Å². The van der Waals surface area contributed by atoms with Gasteiger partial charge in [0, 0.05) is 11.8 Å². The SMILES string of the molecule is CCOC(=O)/C=C(/C)NC(=O)C(F)(F)F.